The van der Waals surface area contributed by atoms with Gasteiger partial charge < -0.3 is 0 Å². The summed E-state index contributed by atoms with van der Waals surface area (Å²) < 4.78 is 40.1. The second kappa shape index (κ2) is 5.93. The Morgan fingerprint density at radius 2 is 1.95 bits per heavy atom. The SMILES string of the molecule is Cc1cc(F)ccc1S(=O)(=O)Nc1cccc(CBr)c1. The number of aryl methyl sites for hydroxylation is 1. The normalized spacial score (nSPS) is 11.3. The maximum Gasteiger partial charge on any atom is 0.262 e. The zero-order valence-corrected chi connectivity index (χ0v) is 13.1. The standard InChI is InChI=1S/C14H13BrFNO2S/c1-10-7-12(16)5-6-14(10)20(18,19)17-13-4-2-3-11(8-13)9-15/h2-8,17H,9H2,1H3. The summed E-state index contributed by atoms with van der Waals surface area (Å²) in [4.78, 5) is 0.0724. The molecular weight excluding hydrogens is 345 g/mol. The van der Waals surface area contributed by atoms with Gasteiger partial charge in [-0.2, -0.15) is 0 Å². The molecule has 6 heteroatoms. The van der Waals surface area contributed by atoms with Crippen molar-refractivity contribution >= 4 is 31.6 Å². The Balaban J connectivity index is 2.35. The Kier molecular flexibility index (Phi) is 4.45. The molecule has 0 unspecified atom stereocenters. The molecule has 0 radical (unpaired) electrons. The number of nitrogens with one attached hydrogen (secondary N) is 1. The monoisotopic (exact) mass is 357 g/mol. The van der Waals surface area contributed by atoms with Gasteiger partial charge in [0, 0.05) is 11.0 Å². The van der Waals surface area contributed by atoms with E-state index in [1.807, 2.05) is 6.07 Å². The van der Waals surface area contributed by atoms with Crippen LogP contribution in [0.4, 0.5) is 10.1 Å². The van der Waals surface area contributed by atoms with Crippen LogP contribution in [0, 0.1) is 12.7 Å². The summed E-state index contributed by atoms with van der Waals surface area (Å²) in [6.07, 6.45) is 0. The van der Waals surface area contributed by atoms with Crippen LogP contribution >= 0.6 is 15.9 Å². The number of sulfonamides is 1. The van der Waals surface area contributed by atoms with E-state index in [-0.39, 0.29) is 4.90 Å². The highest BCUT2D eigenvalue weighted by Gasteiger charge is 2.17. The van der Waals surface area contributed by atoms with E-state index in [0.717, 1.165) is 11.6 Å². The molecule has 0 atom stereocenters. The van der Waals surface area contributed by atoms with Gasteiger partial charge in [-0.3, -0.25) is 4.72 Å². The first-order valence-electron chi connectivity index (χ1n) is 5.86. The van der Waals surface area contributed by atoms with Crippen LogP contribution < -0.4 is 4.72 Å². The van der Waals surface area contributed by atoms with Gasteiger partial charge >= 0.3 is 0 Å². The van der Waals surface area contributed by atoms with Crippen LogP contribution in [-0.2, 0) is 15.4 Å². The number of hydrogen-bond donors (Lipinski definition) is 1. The lowest BCUT2D eigenvalue weighted by Crippen LogP contribution is -2.14. The fourth-order valence-electron chi connectivity index (χ4n) is 1.84. The molecular formula is C14H13BrFNO2S. The van der Waals surface area contributed by atoms with Crippen LogP contribution in [0.25, 0.3) is 0 Å². The van der Waals surface area contributed by atoms with E-state index in [0.29, 0.717) is 16.6 Å². The zero-order valence-electron chi connectivity index (χ0n) is 10.7. The molecule has 20 heavy (non-hydrogen) atoms. The first-order chi connectivity index (χ1) is 9.42. The Morgan fingerprint density at radius 3 is 2.60 bits per heavy atom. The molecule has 0 fully saturated rings. The third kappa shape index (κ3) is 3.37. The van der Waals surface area contributed by atoms with Gasteiger partial charge in [-0.15, -0.1) is 0 Å². The van der Waals surface area contributed by atoms with E-state index in [4.69, 9.17) is 0 Å². The molecule has 0 aromatic heterocycles. The lowest BCUT2D eigenvalue weighted by molar-refractivity contribution is 0.598. The van der Waals surface area contributed by atoms with Gasteiger partial charge in [0.05, 0.1) is 4.90 Å². The summed E-state index contributed by atoms with van der Waals surface area (Å²) in [6.45, 7) is 1.56. The van der Waals surface area contributed by atoms with Crippen molar-refractivity contribution in [2.24, 2.45) is 0 Å². The second-order valence-corrected chi connectivity index (χ2v) is 6.56. The van der Waals surface area contributed by atoms with E-state index in [1.54, 1.807) is 25.1 Å². The van der Waals surface area contributed by atoms with Crippen molar-refractivity contribution in [2.75, 3.05) is 4.72 Å². The first-order valence-corrected chi connectivity index (χ1v) is 8.47. The van der Waals surface area contributed by atoms with Crippen molar-refractivity contribution in [3.05, 3.63) is 59.4 Å². The van der Waals surface area contributed by atoms with E-state index >= 15 is 0 Å². The molecule has 1 N–H and O–H groups in total. The highest BCUT2D eigenvalue weighted by molar-refractivity contribution is 9.08. The molecule has 0 amide bonds. The molecule has 0 aliphatic heterocycles. The van der Waals surface area contributed by atoms with Crippen LogP contribution in [0.15, 0.2) is 47.4 Å². The minimum absolute atomic E-state index is 0.0724. The molecule has 0 spiro atoms. The van der Waals surface area contributed by atoms with Gasteiger partial charge in [-0.05, 0) is 48.4 Å². The molecule has 106 valence electrons. The van der Waals surface area contributed by atoms with Crippen molar-refractivity contribution in [1.82, 2.24) is 0 Å². The molecule has 2 aromatic carbocycles. The average molecular weight is 358 g/mol. The smallest absolute Gasteiger partial charge is 0.262 e. The fourth-order valence-corrected chi connectivity index (χ4v) is 3.47. The number of hydrogen-bond acceptors (Lipinski definition) is 2. The van der Waals surface area contributed by atoms with E-state index < -0.39 is 15.8 Å². The lowest BCUT2D eigenvalue weighted by atomic mass is 10.2. The van der Waals surface area contributed by atoms with Crippen LogP contribution in [0.2, 0.25) is 0 Å². The molecule has 0 bridgehead atoms. The Labute approximate surface area is 126 Å². The third-order valence-electron chi connectivity index (χ3n) is 2.76. The number of halogens is 2. The van der Waals surface area contributed by atoms with Gasteiger partial charge in [-0.25, -0.2) is 12.8 Å². The number of benzene rings is 2. The van der Waals surface area contributed by atoms with Crippen LogP contribution in [0.5, 0.6) is 0 Å². The number of alkyl halides is 1. The van der Waals surface area contributed by atoms with Crippen LogP contribution in [0.3, 0.4) is 0 Å². The highest BCUT2D eigenvalue weighted by atomic mass is 79.9. The van der Waals surface area contributed by atoms with Gasteiger partial charge in [0.1, 0.15) is 5.82 Å². The highest BCUT2D eigenvalue weighted by Crippen LogP contribution is 2.21. The topological polar surface area (TPSA) is 46.2 Å². The minimum atomic E-state index is -3.72. The van der Waals surface area contributed by atoms with Gasteiger partial charge in [0.2, 0.25) is 0 Å². The maximum atomic E-state index is 13.0. The number of rotatable bonds is 4. The zero-order chi connectivity index (χ0) is 14.8. The quantitative estimate of drug-likeness (QED) is 0.845. The minimum Gasteiger partial charge on any atom is -0.280 e. The molecule has 0 aliphatic rings. The summed E-state index contributed by atoms with van der Waals surface area (Å²) in [5.41, 5.74) is 1.81. The summed E-state index contributed by atoms with van der Waals surface area (Å²) in [5, 5.41) is 0.637. The molecule has 0 saturated carbocycles. The molecule has 0 aliphatic carbocycles. The van der Waals surface area contributed by atoms with Crippen molar-refractivity contribution in [3.8, 4) is 0 Å². The van der Waals surface area contributed by atoms with Crippen molar-refractivity contribution < 1.29 is 12.8 Å². The predicted molar refractivity (Wildman–Crippen MR) is 81.0 cm³/mol. The van der Waals surface area contributed by atoms with Gasteiger partial charge in [-0.1, -0.05) is 28.1 Å². The van der Waals surface area contributed by atoms with Crippen molar-refractivity contribution in [3.63, 3.8) is 0 Å². The van der Waals surface area contributed by atoms with Crippen molar-refractivity contribution in [1.29, 1.82) is 0 Å². The van der Waals surface area contributed by atoms with Gasteiger partial charge in [0.25, 0.3) is 10.0 Å². The lowest BCUT2D eigenvalue weighted by Gasteiger charge is -2.11. The summed E-state index contributed by atoms with van der Waals surface area (Å²) in [5.74, 6) is -0.456. The van der Waals surface area contributed by atoms with E-state index in [1.165, 1.54) is 12.1 Å². The third-order valence-corrected chi connectivity index (χ3v) is 4.95. The molecule has 3 nitrogen and oxygen atoms in total. The molecule has 2 rings (SSSR count). The second-order valence-electron chi connectivity index (χ2n) is 4.35. The van der Waals surface area contributed by atoms with Crippen LogP contribution in [-0.4, -0.2) is 8.42 Å². The molecule has 0 saturated heterocycles. The maximum absolute atomic E-state index is 13.0. The van der Waals surface area contributed by atoms with Crippen molar-refractivity contribution in [2.45, 2.75) is 17.1 Å². The fraction of sp³-hybridized carbons (Fsp3) is 0.143. The summed E-state index contributed by atoms with van der Waals surface area (Å²) in [6, 6.07) is 10.7. The van der Waals surface area contributed by atoms with E-state index in [9.17, 15) is 12.8 Å². The molecule has 0 heterocycles. The Morgan fingerprint density at radius 1 is 1.20 bits per heavy atom. The average Bonchev–Trinajstić information content (AvgIpc) is 2.37. The Hall–Kier alpha value is -1.40. The summed E-state index contributed by atoms with van der Waals surface area (Å²) >= 11 is 3.32. The number of anilines is 1. The van der Waals surface area contributed by atoms with Crippen LogP contribution in [0.1, 0.15) is 11.1 Å². The predicted octanol–water partition coefficient (Wildman–Crippen LogP) is 3.83. The Bertz CT molecular complexity index is 732. The largest absolute Gasteiger partial charge is 0.280 e. The molecule has 2 aromatic rings. The first kappa shape index (κ1) is 15.0. The summed E-state index contributed by atoms with van der Waals surface area (Å²) in [7, 11) is -3.72. The van der Waals surface area contributed by atoms with Gasteiger partial charge in [0.15, 0.2) is 0 Å². The van der Waals surface area contributed by atoms with E-state index in [2.05, 4.69) is 20.7 Å².